The van der Waals surface area contributed by atoms with E-state index in [0.717, 1.165) is 11.8 Å². The maximum Gasteiger partial charge on any atom is 0.189 e. The van der Waals surface area contributed by atoms with Gasteiger partial charge in [0.15, 0.2) is 17.3 Å². The maximum atomic E-state index is 9.34. The van der Waals surface area contributed by atoms with Crippen LogP contribution in [0.1, 0.15) is 0 Å². The van der Waals surface area contributed by atoms with E-state index in [2.05, 4.69) is 15.2 Å². The highest BCUT2D eigenvalue weighted by atomic mass is 32.2. The molecule has 5 N–H and O–H groups in total. The molecule has 0 saturated heterocycles. The molecule has 1 aromatic heterocycles. The van der Waals surface area contributed by atoms with E-state index in [1.54, 1.807) is 0 Å². The maximum absolute atomic E-state index is 9.34. The summed E-state index contributed by atoms with van der Waals surface area (Å²) in [4.78, 5) is 2.84. The number of nitrogens with one attached hydrogen (secondary N) is 1. The Morgan fingerprint density at radius 1 is 1.11 bits per heavy atom. The van der Waals surface area contributed by atoms with Crippen molar-refractivity contribution in [2.75, 3.05) is 5.75 Å². The van der Waals surface area contributed by atoms with Crippen LogP contribution in [0, 0.1) is 0 Å². The Balaban J connectivity index is 2.18. The van der Waals surface area contributed by atoms with Gasteiger partial charge in [0.1, 0.15) is 11.5 Å². The summed E-state index contributed by atoms with van der Waals surface area (Å²) < 4.78 is 0. The Morgan fingerprint density at radius 3 is 2.39 bits per heavy atom. The van der Waals surface area contributed by atoms with E-state index < -0.39 is 6.29 Å². The summed E-state index contributed by atoms with van der Waals surface area (Å²) in [5.41, 5.74) is 0.483. The van der Waals surface area contributed by atoms with Crippen molar-refractivity contribution in [3.63, 3.8) is 0 Å². The molecule has 0 aliphatic heterocycles. The van der Waals surface area contributed by atoms with Crippen LogP contribution in [0.3, 0.4) is 0 Å². The van der Waals surface area contributed by atoms with Crippen molar-refractivity contribution < 1.29 is 20.4 Å². The largest absolute Gasteiger partial charge is 0.508 e. The average molecular weight is 269 g/mol. The van der Waals surface area contributed by atoms with E-state index in [0.29, 0.717) is 16.5 Å². The van der Waals surface area contributed by atoms with Crippen LogP contribution in [-0.2, 0) is 0 Å². The number of hydrogen-bond acceptors (Lipinski definition) is 7. The van der Waals surface area contributed by atoms with Crippen LogP contribution in [0.5, 0.6) is 11.5 Å². The fourth-order valence-electron chi connectivity index (χ4n) is 1.33. The van der Waals surface area contributed by atoms with Crippen LogP contribution in [0.2, 0.25) is 0 Å². The van der Waals surface area contributed by atoms with Gasteiger partial charge in [0.05, 0.1) is 5.75 Å². The Hall–Kier alpha value is -1.77. The van der Waals surface area contributed by atoms with Crippen LogP contribution < -0.4 is 0 Å². The number of rotatable bonds is 4. The number of aromatic nitrogens is 3. The van der Waals surface area contributed by atoms with Gasteiger partial charge < -0.3 is 25.4 Å². The van der Waals surface area contributed by atoms with E-state index >= 15 is 0 Å². The van der Waals surface area contributed by atoms with Crippen LogP contribution in [0.15, 0.2) is 23.4 Å². The number of benzene rings is 1. The summed E-state index contributed by atoms with van der Waals surface area (Å²) in [6, 6.07) is 4.06. The summed E-state index contributed by atoms with van der Waals surface area (Å²) in [6.07, 6.45) is -1.42. The van der Waals surface area contributed by atoms with E-state index in [-0.39, 0.29) is 17.3 Å². The van der Waals surface area contributed by atoms with Gasteiger partial charge in [-0.1, -0.05) is 11.8 Å². The second-order valence-corrected chi connectivity index (χ2v) is 4.52. The smallest absolute Gasteiger partial charge is 0.189 e. The number of phenols is 2. The second-order valence-electron chi connectivity index (χ2n) is 3.51. The SMILES string of the molecule is Oc1cc(O)cc(-c2nnc(SCC(O)O)[nH]2)c1. The molecule has 0 unspecified atom stereocenters. The van der Waals surface area contributed by atoms with Gasteiger partial charge in [-0.15, -0.1) is 10.2 Å². The van der Waals surface area contributed by atoms with Gasteiger partial charge >= 0.3 is 0 Å². The van der Waals surface area contributed by atoms with Gasteiger partial charge in [-0.3, -0.25) is 0 Å². The molecule has 0 aliphatic rings. The lowest BCUT2D eigenvalue weighted by Crippen LogP contribution is -2.07. The number of aromatic amines is 1. The molecule has 0 atom stereocenters. The van der Waals surface area contributed by atoms with Crippen molar-refractivity contribution in [3.8, 4) is 22.9 Å². The number of hydrogen-bond donors (Lipinski definition) is 5. The first-order chi connectivity index (χ1) is 8.54. The Morgan fingerprint density at radius 2 is 1.78 bits per heavy atom. The fraction of sp³-hybridized carbons (Fsp3) is 0.200. The van der Waals surface area contributed by atoms with Crippen LogP contribution in [0.25, 0.3) is 11.4 Å². The van der Waals surface area contributed by atoms with Gasteiger partial charge in [-0.2, -0.15) is 0 Å². The molecule has 0 fully saturated rings. The Labute approximate surface area is 106 Å². The second kappa shape index (κ2) is 5.25. The van der Waals surface area contributed by atoms with Crippen molar-refractivity contribution in [1.82, 2.24) is 15.2 Å². The van der Waals surface area contributed by atoms with E-state index in [4.69, 9.17) is 10.2 Å². The van der Waals surface area contributed by atoms with Crippen LogP contribution >= 0.6 is 11.8 Å². The van der Waals surface area contributed by atoms with E-state index in [1.807, 2.05) is 0 Å². The summed E-state index contributed by atoms with van der Waals surface area (Å²) in [5, 5.41) is 44.2. The Kier molecular flexibility index (Phi) is 3.70. The number of aliphatic hydroxyl groups excluding tert-OH is 1. The number of aromatic hydroxyl groups is 2. The number of aliphatic hydroxyl groups is 2. The molecule has 8 heteroatoms. The molecule has 96 valence electrons. The van der Waals surface area contributed by atoms with Gasteiger partial charge in [0.2, 0.25) is 0 Å². The minimum Gasteiger partial charge on any atom is -0.508 e. The molecule has 0 radical (unpaired) electrons. The fourth-order valence-corrected chi connectivity index (χ4v) is 1.90. The molecule has 7 nitrogen and oxygen atoms in total. The number of phenolic OH excluding ortho intramolecular Hbond substituents is 2. The first-order valence-electron chi connectivity index (χ1n) is 4.99. The first-order valence-corrected chi connectivity index (χ1v) is 5.98. The molecular formula is C10H11N3O4S. The van der Waals surface area contributed by atoms with Crippen molar-refractivity contribution in [1.29, 1.82) is 0 Å². The van der Waals surface area contributed by atoms with Gasteiger partial charge in [-0.05, 0) is 12.1 Å². The highest BCUT2D eigenvalue weighted by Crippen LogP contribution is 2.27. The van der Waals surface area contributed by atoms with E-state index in [1.165, 1.54) is 18.2 Å². The zero-order chi connectivity index (χ0) is 13.1. The molecule has 0 amide bonds. The zero-order valence-corrected chi connectivity index (χ0v) is 9.92. The van der Waals surface area contributed by atoms with Crippen molar-refractivity contribution >= 4 is 11.8 Å². The van der Waals surface area contributed by atoms with Crippen molar-refractivity contribution in [3.05, 3.63) is 18.2 Å². The lowest BCUT2D eigenvalue weighted by Gasteiger charge is -2.00. The van der Waals surface area contributed by atoms with Gasteiger partial charge in [0.25, 0.3) is 0 Å². The third-order valence-corrected chi connectivity index (χ3v) is 2.93. The zero-order valence-electron chi connectivity index (χ0n) is 9.11. The van der Waals surface area contributed by atoms with Gasteiger partial charge in [-0.25, -0.2) is 0 Å². The monoisotopic (exact) mass is 269 g/mol. The van der Waals surface area contributed by atoms with Crippen molar-refractivity contribution in [2.24, 2.45) is 0 Å². The Bertz CT molecular complexity index is 523. The summed E-state index contributed by atoms with van der Waals surface area (Å²) in [7, 11) is 0. The first kappa shape index (κ1) is 12.7. The van der Waals surface area contributed by atoms with Crippen LogP contribution in [-0.4, -0.2) is 47.7 Å². The normalized spacial score (nSPS) is 11.1. The molecule has 2 rings (SSSR count). The molecule has 0 saturated carbocycles. The highest BCUT2D eigenvalue weighted by Gasteiger charge is 2.09. The number of nitrogens with zero attached hydrogens (tertiary/aromatic N) is 2. The summed E-state index contributed by atoms with van der Waals surface area (Å²) >= 11 is 1.10. The number of H-pyrrole nitrogens is 1. The number of thioether (sulfide) groups is 1. The van der Waals surface area contributed by atoms with E-state index in [9.17, 15) is 10.2 Å². The van der Waals surface area contributed by atoms with Gasteiger partial charge in [0, 0.05) is 11.6 Å². The summed E-state index contributed by atoms with van der Waals surface area (Å²) in [5.74, 6) is 0.277. The quantitative estimate of drug-likeness (QED) is 0.399. The molecule has 0 aliphatic carbocycles. The van der Waals surface area contributed by atoms with Crippen LogP contribution in [0.4, 0.5) is 0 Å². The predicted octanol–water partition coefficient (Wildman–Crippen LogP) is 0.286. The topological polar surface area (TPSA) is 122 Å². The molecule has 0 bridgehead atoms. The molecule has 0 spiro atoms. The summed E-state index contributed by atoms with van der Waals surface area (Å²) in [6.45, 7) is 0. The predicted molar refractivity (Wildman–Crippen MR) is 64.1 cm³/mol. The third kappa shape index (κ3) is 3.13. The molecule has 1 aromatic carbocycles. The lowest BCUT2D eigenvalue weighted by atomic mass is 10.2. The minimum absolute atomic E-state index is 0.0694. The molecule has 18 heavy (non-hydrogen) atoms. The molecular weight excluding hydrogens is 258 g/mol. The van der Waals surface area contributed by atoms with Crippen molar-refractivity contribution in [2.45, 2.75) is 11.4 Å². The minimum atomic E-state index is -1.42. The lowest BCUT2D eigenvalue weighted by molar-refractivity contribution is -0.0186. The molecule has 2 aromatic rings. The highest BCUT2D eigenvalue weighted by molar-refractivity contribution is 7.99. The average Bonchev–Trinajstić information content (AvgIpc) is 2.73. The third-order valence-electron chi connectivity index (χ3n) is 2.01. The molecule has 1 heterocycles. The standard InChI is InChI=1S/C10H11N3O4S/c14-6-1-5(2-7(15)3-6)9-11-10(13-12-9)18-4-8(16)17/h1-3,8,14-17H,4H2,(H,11,12,13).